The molecule has 1 aliphatic heterocycles. The molecule has 1 aliphatic rings. The first-order chi connectivity index (χ1) is 13.2. The van der Waals surface area contributed by atoms with Crippen LogP contribution in [0.4, 0.5) is 0 Å². The molecule has 0 spiro atoms. The number of aromatic amines is 1. The van der Waals surface area contributed by atoms with Crippen molar-refractivity contribution in [2.24, 2.45) is 0 Å². The van der Waals surface area contributed by atoms with Crippen LogP contribution in [0.1, 0.15) is 27.7 Å². The lowest BCUT2D eigenvalue weighted by molar-refractivity contribution is 0.0411. The quantitative estimate of drug-likeness (QED) is 0.730. The largest absolute Gasteiger partial charge is 0.497 e. The zero-order valence-electron chi connectivity index (χ0n) is 15.1. The number of benzene rings is 2. The van der Waals surface area contributed by atoms with E-state index in [0.717, 1.165) is 23.3 Å². The van der Waals surface area contributed by atoms with E-state index in [1.54, 1.807) is 13.2 Å². The van der Waals surface area contributed by atoms with E-state index in [4.69, 9.17) is 9.47 Å². The third kappa shape index (κ3) is 3.71. The Kier molecular flexibility index (Phi) is 4.89. The Morgan fingerprint density at radius 2 is 2.15 bits per heavy atom. The van der Waals surface area contributed by atoms with Crippen LogP contribution in [-0.2, 0) is 11.2 Å². The summed E-state index contributed by atoms with van der Waals surface area (Å²) >= 11 is 0. The summed E-state index contributed by atoms with van der Waals surface area (Å²) in [6.07, 6.45) is 0.783. The van der Waals surface area contributed by atoms with Gasteiger partial charge in [-0.05, 0) is 35.7 Å². The molecule has 2 heterocycles. The van der Waals surface area contributed by atoms with Crippen molar-refractivity contribution >= 4 is 5.91 Å². The van der Waals surface area contributed by atoms with Gasteiger partial charge in [-0.25, -0.2) is 0 Å². The number of rotatable bonds is 5. The van der Waals surface area contributed by atoms with Crippen molar-refractivity contribution in [2.75, 3.05) is 20.3 Å². The molecule has 0 unspecified atom stereocenters. The minimum Gasteiger partial charge on any atom is -0.497 e. The second-order valence-corrected chi connectivity index (χ2v) is 6.42. The average Bonchev–Trinajstić information content (AvgIpc) is 3.22. The molecule has 2 aromatic carbocycles. The third-order valence-corrected chi connectivity index (χ3v) is 4.73. The first-order valence-electron chi connectivity index (χ1n) is 8.92. The second kappa shape index (κ2) is 7.63. The molecule has 27 heavy (non-hydrogen) atoms. The molecule has 0 fully saturated rings. The van der Waals surface area contributed by atoms with Gasteiger partial charge >= 0.3 is 0 Å². The summed E-state index contributed by atoms with van der Waals surface area (Å²) in [6, 6.07) is 17.5. The van der Waals surface area contributed by atoms with Crippen LogP contribution >= 0.6 is 0 Å². The van der Waals surface area contributed by atoms with Gasteiger partial charge in [-0.3, -0.25) is 9.89 Å². The first-order valence-corrected chi connectivity index (χ1v) is 8.92. The minimum absolute atomic E-state index is 0.125. The van der Waals surface area contributed by atoms with Gasteiger partial charge in [-0.1, -0.05) is 36.4 Å². The molecule has 0 radical (unpaired) electrons. The highest BCUT2D eigenvalue weighted by Gasteiger charge is 2.21. The maximum Gasteiger partial charge on any atom is 0.269 e. The van der Waals surface area contributed by atoms with Crippen molar-refractivity contribution in [3.8, 4) is 17.0 Å². The van der Waals surface area contributed by atoms with E-state index in [9.17, 15) is 4.79 Å². The molecule has 1 atom stereocenters. The number of carbonyl (C=O) groups excluding carboxylic acids is 1. The number of H-pyrrole nitrogens is 1. The fourth-order valence-corrected chi connectivity index (χ4v) is 3.29. The Labute approximate surface area is 157 Å². The average molecular weight is 363 g/mol. The van der Waals surface area contributed by atoms with E-state index in [1.165, 1.54) is 5.56 Å². The molecule has 1 aromatic heterocycles. The zero-order valence-corrected chi connectivity index (χ0v) is 15.1. The van der Waals surface area contributed by atoms with Crippen LogP contribution in [0.2, 0.25) is 0 Å². The van der Waals surface area contributed by atoms with Gasteiger partial charge in [0.25, 0.3) is 5.91 Å². The molecule has 0 aliphatic carbocycles. The van der Waals surface area contributed by atoms with Crippen molar-refractivity contribution in [2.45, 2.75) is 12.5 Å². The SMILES string of the molecule is COc1cccc(-c2cc(C(=O)NC[C@@H]3OCCc4ccccc43)[nH]n2)c1. The highest BCUT2D eigenvalue weighted by Crippen LogP contribution is 2.26. The Morgan fingerprint density at radius 3 is 3.04 bits per heavy atom. The molecule has 138 valence electrons. The summed E-state index contributed by atoms with van der Waals surface area (Å²) in [5, 5.41) is 9.98. The van der Waals surface area contributed by atoms with Crippen molar-refractivity contribution in [3.63, 3.8) is 0 Å². The molecule has 3 aromatic rings. The van der Waals surface area contributed by atoms with E-state index >= 15 is 0 Å². The second-order valence-electron chi connectivity index (χ2n) is 6.42. The molecule has 0 saturated carbocycles. The van der Waals surface area contributed by atoms with Crippen LogP contribution < -0.4 is 10.1 Å². The summed E-state index contributed by atoms with van der Waals surface area (Å²) in [7, 11) is 1.62. The van der Waals surface area contributed by atoms with E-state index < -0.39 is 0 Å². The lowest BCUT2D eigenvalue weighted by Crippen LogP contribution is -2.32. The van der Waals surface area contributed by atoms with Crippen LogP contribution in [-0.4, -0.2) is 36.4 Å². The molecule has 4 rings (SSSR count). The van der Waals surface area contributed by atoms with Gasteiger partial charge in [0, 0.05) is 12.1 Å². The van der Waals surface area contributed by atoms with Gasteiger partial charge in [-0.2, -0.15) is 5.10 Å². The number of hydrogen-bond donors (Lipinski definition) is 2. The lowest BCUT2D eigenvalue weighted by atomic mass is 9.97. The van der Waals surface area contributed by atoms with Crippen LogP contribution in [0.5, 0.6) is 5.75 Å². The highest BCUT2D eigenvalue weighted by molar-refractivity contribution is 5.93. The van der Waals surface area contributed by atoms with Crippen molar-refractivity contribution < 1.29 is 14.3 Å². The zero-order chi connectivity index (χ0) is 18.6. The monoisotopic (exact) mass is 363 g/mol. The van der Waals surface area contributed by atoms with Crippen molar-refractivity contribution in [1.29, 1.82) is 0 Å². The van der Waals surface area contributed by atoms with Crippen LogP contribution in [0.15, 0.2) is 54.6 Å². The predicted octanol–water partition coefficient (Wildman–Crippen LogP) is 3.13. The Morgan fingerprint density at radius 1 is 1.26 bits per heavy atom. The number of ether oxygens (including phenoxy) is 2. The molecule has 6 heteroatoms. The summed E-state index contributed by atoms with van der Waals surface area (Å²) in [4.78, 5) is 12.5. The van der Waals surface area contributed by atoms with Gasteiger partial charge < -0.3 is 14.8 Å². The summed E-state index contributed by atoms with van der Waals surface area (Å²) in [5.74, 6) is 0.540. The van der Waals surface area contributed by atoms with Gasteiger partial charge in [0.05, 0.1) is 19.4 Å². The lowest BCUT2D eigenvalue weighted by Gasteiger charge is -2.26. The van der Waals surface area contributed by atoms with E-state index in [0.29, 0.717) is 24.5 Å². The topological polar surface area (TPSA) is 76.2 Å². The van der Waals surface area contributed by atoms with Gasteiger partial charge in [0.1, 0.15) is 17.5 Å². The summed E-state index contributed by atoms with van der Waals surface area (Å²) in [5.41, 5.74) is 4.42. The number of nitrogens with one attached hydrogen (secondary N) is 2. The van der Waals surface area contributed by atoms with Gasteiger partial charge in [0.15, 0.2) is 0 Å². The maximum absolute atomic E-state index is 12.5. The summed E-state index contributed by atoms with van der Waals surface area (Å²) < 4.78 is 11.1. The Hall–Kier alpha value is -3.12. The molecule has 1 amide bonds. The van der Waals surface area contributed by atoms with Gasteiger partial charge in [0.2, 0.25) is 0 Å². The number of nitrogens with zero attached hydrogens (tertiary/aromatic N) is 1. The predicted molar refractivity (Wildman–Crippen MR) is 102 cm³/mol. The molecular weight excluding hydrogens is 342 g/mol. The number of hydrogen-bond acceptors (Lipinski definition) is 4. The molecule has 2 N–H and O–H groups in total. The van der Waals surface area contributed by atoms with Crippen LogP contribution in [0.25, 0.3) is 11.3 Å². The highest BCUT2D eigenvalue weighted by atomic mass is 16.5. The van der Waals surface area contributed by atoms with Crippen molar-refractivity contribution in [1.82, 2.24) is 15.5 Å². The summed E-state index contributed by atoms with van der Waals surface area (Å²) in [6.45, 7) is 1.09. The molecule has 6 nitrogen and oxygen atoms in total. The van der Waals surface area contributed by atoms with Gasteiger partial charge in [-0.15, -0.1) is 0 Å². The Balaban J connectivity index is 1.43. The first kappa shape index (κ1) is 17.3. The van der Waals surface area contributed by atoms with E-state index in [-0.39, 0.29) is 12.0 Å². The molecule has 0 bridgehead atoms. The fourth-order valence-electron chi connectivity index (χ4n) is 3.29. The van der Waals surface area contributed by atoms with Crippen LogP contribution in [0.3, 0.4) is 0 Å². The normalized spacial score (nSPS) is 15.8. The number of amides is 1. The number of fused-ring (bicyclic) bond motifs is 1. The standard InChI is InChI=1S/C21H21N3O3/c1-26-16-7-4-6-15(11-16)18-12-19(24-23-18)21(25)22-13-20-17-8-3-2-5-14(17)9-10-27-20/h2-8,11-12,20H,9-10,13H2,1H3,(H,22,25)(H,23,24)/t20-/m0/s1. The molecule has 0 saturated heterocycles. The van der Waals surface area contributed by atoms with Crippen LogP contribution in [0, 0.1) is 0 Å². The maximum atomic E-state index is 12.5. The molecular formula is C21H21N3O3. The Bertz CT molecular complexity index is 951. The van der Waals surface area contributed by atoms with Crippen molar-refractivity contribution in [3.05, 3.63) is 71.4 Å². The minimum atomic E-state index is -0.205. The number of aromatic nitrogens is 2. The van der Waals surface area contributed by atoms with E-state index in [1.807, 2.05) is 36.4 Å². The number of carbonyl (C=O) groups is 1. The number of methoxy groups -OCH3 is 1. The van der Waals surface area contributed by atoms with E-state index in [2.05, 4.69) is 27.6 Å². The third-order valence-electron chi connectivity index (χ3n) is 4.73. The fraction of sp³-hybridized carbons (Fsp3) is 0.238. The smallest absolute Gasteiger partial charge is 0.269 e.